The fourth-order valence-electron chi connectivity index (χ4n) is 1.77. The fraction of sp³-hybridized carbons (Fsp3) is 0.214. The number of hydrogen-bond donors (Lipinski definition) is 0. The third kappa shape index (κ3) is 3.45. The summed E-state index contributed by atoms with van der Waals surface area (Å²) in [5.41, 5.74) is 1.37. The standard InChI is InChI=1S/C14H12BrN3O2/c15-13-12(4-8-20-13)14(19)18(7-2-5-16)10-11-3-1-6-17-9-11/h1,3-4,6,8-9H,2,7,10H2. The SMILES string of the molecule is N#CCCN(Cc1cccnc1)C(=O)c1ccoc1Br. The molecule has 0 unspecified atom stereocenters. The van der Waals surface area contributed by atoms with Crippen molar-refractivity contribution in [3.05, 3.63) is 52.7 Å². The molecule has 0 bridgehead atoms. The van der Waals surface area contributed by atoms with Gasteiger partial charge in [0.05, 0.1) is 24.3 Å². The summed E-state index contributed by atoms with van der Waals surface area (Å²) in [5.74, 6) is -0.176. The lowest BCUT2D eigenvalue weighted by Crippen LogP contribution is -2.31. The summed E-state index contributed by atoms with van der Waals surface area (Å²) in [6.45, 7) is 0.772. The molecular formula is C14H12BrN3O2. The van der Waals surface area contributed by atoms with Gasteiger partial charge in [-0.3, -0.25) is 9.78 Å². The zero-order valence-corrected chi connectivity index (χ0v) is 12.2. The molecule has 2 heterocycles. The molecule has 1 amide bonds. The summed E-state index contributed by atoms with van der Waals surface area (Å²) in [6, 6.07) is 7.37. The van der Waals surface area contributed by atoms with E-state index in [1.54, 1.807) is 23.4 Å². The van der Waals surface area contributed by atoms with E-state index in [0.717, 1.165) is 5.56 Å². The molecule has 0 N–H and O–H groups in total. The molecule has 0 saturated heterocycles. The highest BCUT2D eigenvalue weighted by Gasteiger charge is 2.20. The summed E-state index contributed by atoms with van der Waals surface area (Å²) in [6.07, 6.45) is 5.11. The van der Waals surface area contributed by atoms with Gasteiger partial charge in [0.15, 0.2) is 4.67 Å². The number of aromatic nitrogens is 1. The van der Waals surface area contributed by atoms with E-state index in [1.807, 2.05) is 12.1 Å². The van der Waals surface area contributed by atoms with E-state index in [1.165, 1.54) is 6.26 Å². The van der Waals surface area contributed by atoms with Crippen LogP contribution in [0.3, 0.4) is 0 Å². The van der Waals surface area contributed by atoms with Crippen LogP contribution in [-0.4, -0.2) is 22.3 Å². The van der Waals surface area contributed by atoms with Crippen LogP contribution in [0.2, 0.25) is 0 Å². The Balaban J connectivity index is 2.17. The molecule has 0 radical (unpaired) electrons. The summed E-state index contributed by atoms with van der Waals surface area (Å²) >= 11 is 3.20. The average molecular weight is 334 g/mol. The molecular weight excluding hydrogens is 322 g/mol. The molecule has 0 aliphatic rings. The number of halogens is 1. The predicted molar refractivity (Wildman–Crippen MR) is 75.6 cm³/mol. The number of pyridine rings is 1. The van der Waals surface area contributed by atoms with Gasteiger partial charge in [0.1, 0.15) is 0 Å². The second-order valence-electron chi connectivity index (χ2n) is 4.10. The number of furan rings is 1. The van der Waals surface area contributed by atoms with E-state index in [2.05, 4.69) is 27.0 Å². The van der Waals surface area contributed by atoms with Crippen molar-refractivity contribution in [3.8, 4) is 6.07 Å². The van der Waals surface area contributed by atoms with Gasteiger partial charge >= 0.3 is 0 Å². The summed E-state index contributed by atoms with van der Waals surface area (Å²) < 4.78 is 5.48. The zero-order valence-electron chi connectivity index (χ0n) is 10.6. The first-order chi connectivity index (χ1) is 9.72. The van der Waals surface area contributed by atoms with E-state index in [9.17, 15) is 4.79 Å². The molecule has 0 aliphatic carbocycles. The second-order valence-corrected chi connectivity index (χ2v) is 4.82. The summed E-state index contributed by atoms with van der Waals surface area (Å²) in [4.78, 5) is 18.1. The van der Waals surface area contributed by atoms with Gasteiger partial charge in [-0.05, 0) is 33.6 Å². The number of hydrogen-bond acceptors (Lipinski definition) is 4. The van der Waals surface area contributed by atoms with Gasteiger partial charge in [-0.15, -0.1) is 0 Å². The van der Waals surface area contributed by atoms with Crippen LogP contribution in [0.25, 0.3) is 0 Å². The van der Waals surface area contributed by atoms with Gasteiger partial charge in [0.25, 0.3) is 5.91 Å². The second kappa shape index (κ2) is 6.87. The van der Waals surface area contributed by atoms with Crippen LogP contribution in [0.4, 0.5) is 0 Å². The minimum Gasteiger partial charge on any atom is -0.457 e. The lowest BCUT2D eigenvalue weighted by Gasteiger charge is -2.21. The Kier molecular flexibility index (Phi) is 4.91. The molecule has 2 aromatic heterocycles. The van der Waals surface area contributed by atoms with Crippen molar-refractivity contribution in [2.75, 3.05) is 6.54 Å². The van der Waals surface area contributed by atoms with Crippen LogP contribution in [0.5, 0.6) is 0 Å². The average Bonchev–Trinajstić information content (AvgIpc) is 2.90. The van der Waals surface area contributed by atoms with Gasteiger partial charge in [-0.2, -0.15) is 5.26 Å². The van der Waals surface area contributed by atoms with Crippen LogP contribution >= 0.6 is 15.9 Å². The largest absolute Gasteiger partial charge is 0.457 e. The molecule has 6 heteroatoms. The normalized spacial score (nSPS) is 10.0. The number of amides is 1. The van der Waals surface area contributed by atoms with E-state index >= 15 is 0 Å². The maximum atomic E-state index is 12.4. The lowest BCUT2D eigenvalue weighted by molar-refractivity contribution is 0.0744. The van der Waals surface area contributed by atoms with Crippen molar-refractivity contribution in [1.29, 1.82) is 5.26 Å². The summed E-state index contributed by atoms with van der Waals surface area (Å²) in [5, 5.41) is 8.72. The van der Waals surface area contributed by atoms with E-state index in [0.29, 0.717) is 23.3 Å². The first kappa shape index (κ1) is 14.3. The van der Waals surface area contributed by atoms with Crippen molar-refractivity contribution >= 4 is 21.8 Å². The van der Waals surface area contributed by atoms with Crippen LogP contribution in [0, 0.1) is 11.3 Å². The van der Waals surface area contributed by atoms with Crippen molar-refractivity contribution in [3.63, 3.8) is 0 Å². The van der Waals surface area contributed by atoms with Gasteiger partial charge in [0.2, 0.25) is 0 Å². The Bertz CT molecular complexity index is 619. The number of nitriles is 1. The van der Waals surface area contributed by atoms with Gasteiger partial charge in [-0.25, -0.2) is 0 Å². The highest BCUT2D eigenvalue weighted by molar-refractivity contribution is 9.10. The Hall–Kier alpha value is -2.13. The van der Waals surface area contributed by atoms with Crippen LogP contribution in [-0.2, 0) is 6.54 Å². The quantitative estimate of drug-likeness (QED) is 0.843. The Morgan fingerprint density at radius 1 is 1.50 bits per heavy atom. The molecule has 0 spiro atoms. The van der Waals surface area contributed by atoms with E-state index in [-0.39, 0.29) is 12.3 Å². The highest BCUT2D eigenvalue weighted by Crippen LogP contribution is 2.20. The van der Waals surface area contributed by atoms with Crippen LogP contribution < -0.4 is 0 Å². The Labute approximate surface area is 125 Å². The topological polar surface area (TPSA) is 70.1 Å². The lowest BCUT2D eigenvalue weighted by atomic mass is 10.2. The van der Waals surface area contributed by atoms with Crippen molar-refractivity contribution in [1.82, 2.24) is 9.88 Å². The minimum atomic E-state index is -0.176. The molecule has 20 heavy (non-hydrogen) atoms. The van der Waals surface area contributed by atoms with Crippen molar-refractivity contribution in [2.45, 2.75) is 13.0 Å². The number of rotatable bonds is 5. The van der Waals surface area contributed by atoms with Gasteiger partial charge in [-0.1, -0.05) is 6.07 Å². The molecule has 0 aromatic carbocycles. The monoisotopic (exact) mass is 333 g/mol. The smallest absolute Gasteiger partial charge is 0.258 e. The maximum absolute atomic E-state index is 12.4. The highest BCUT2D eigenvalue weighted by atomic mass is 79.9. The fourth-order valence-corrected chi connectivity index (χ4v) is 2.18. The molecule has 2 aromatic rings. The number of carbonyl (C=O) groups excluding carboxylic acids is 1. The molecule has 0 aliphatic heterocycles. The van der Waals surface area contributed by atoms with Crippen LogP contribution in [0.1, 0.15) is 22.3 Å². The maximum Gasteiger partial charge on any atom is 0.258 e. The van der Waals surface area contributed by atoms with Gasteiger partial charge < -0.3 is 9.32 Å². The predicted octanol–water partition coefficient (Wildman–Crippen LogP) is 2.99. The molecule has 0 saturated carbocycles. The van der Waals surface area contributed by atoms with E-state index < -0.39 is 0 Å². The first-order valence-electron chi connectivity index (χ1n) is 6.00. The third-order valence-corrected chi connectivity index (χ3v) is 3.34. The third-order valence-electron chi connectivity index (χ3n) is 2.73. The van der Waals surface area contributed by atoms with Crippen LogP contribution in [0.15, 0.2) is 45.9 Å². The molecule has 102 valence electrons. The van der Waals surface area contributed by atoms with Gasteiger partial charge in [0, 0.05) is 25.5 Å². The number of nitrogens with zero attached hydrogens (tertiary/aromatic N) is 3. The van der Waals surface area contributed by atoms with Crippen molar-refractivity contribution in [2.24, 2.45) is 0 Å². The van der Waals surface area contributed by atoms with Crippen molar-refractivity contribution < 1.29 is 9.21 Å². The Morgan fingerprint density at radius 2 is 2.35 bits per heavy atom. The molecule has 2 rings (SSSR count). The zero-order chi connectivity index (χ0) is 14.4. The first-order valence-corrected chi connectivity index (χ1v) is 6.80. The molecule has 0 fully saturated rings. The van der Waals surface area contributed by atoms with E-state index in [4.69, 9.17) is 9.68 Å². The molecule has 0 atom stereocenters. The number of carbonyl (C=O) groups is 1. The molecule has 5 nitrogen and oxygen atoms in total. The summed E-state index contributed by atoms with van der Waals surface area (Å²) in [7, 11) is 0. The Morgan fingerprint density at radius 3 is 2.95 bits per heavy atom. The minimum absolute atomic E-state index is 0.176.